The van der Waals surface area contributed by atoms with Crippen LogP contribution >= 0.6 is 11.8 Å². The quantitative estimate of drug-likeness (QED) is 0.491. The van der Waals surface area contributed by atoms with Crippen molar-refractivity contribution in [3.63, 3.8) is 0 Å². The Hall–Kier alpha value is -2.07. The van der Waals surface area contributed by atoms with Gasteiger partial charge in [0.1, 0.15) is 6.33 Å². The Morgan fingerprint density at radius 1 is 1.22 bits per heavy atom. The van der Waals surface area contributed by atoms with E-state index in [1.54, 1.807) is 18.1 Å². The van der Waals surface area contributed by atoms with Crippen molar-refractivity contribution in [1.29, 1.82) is 0 Å². The zero-order chi connectivity index (χ0) is 15.8. The fraction of sp³-hybridized carbons (Fsp3) is 0.263. The van der Waals surface area contributed by atoms with Crippen LogP contribution in [0.4, 0.5) is 0 Å². The van der Waals surface area contributed by atoms with E-state index < -0.39 is 0 Å². The maximum atomic E-state index is 4.28. The van der Waals surface area contributed by atoms with Crippen LogP contribution in [0.1, 0.15) is 31.2 Å². The number of thioether (sulfide) groups is 1. The van der Waals surface area contributed by atoms with Crippen molar-refractivity contribution in [2.75, 3.05) is 5.75 Å². The first-order valence-electron chi connectivity index (χ1n) is 7.93. The Balaban J connectivity index is 1.82. The molecule has 4 heteroatoms. The van der Waals surface area contributed by atoms with Gasteiger partial charge in [0.2, 0.25) is 0 Å². The van der Waals surface area contributed by atoms with Crippen molar-refractivity contribution in [2.45, 2.75) is 30.8 Å². The summed E-state index contributed by atoms with van der Waals surface area (Å²) in [5.41, 5.74) is 3.77. The summed E-state index contributed by atoms with van der Waals surface area (Å²) in [6, 6.07) is 13.2. The summed E-state index contributed by atoms with van der Waals surface area (Å²) in [6.45, 7) is 6.00. The molecule has 0 saturated heterocycles. The predicted octanol–water partition coefficient (Wildman–Crippen LogP) is 4.97. The van der Waals surface area contributed by atoms with Crippen molar-refractivity contribution < 1.29 is 0 Å². The molecule has 4 rings (SSSR count). The largest absolute Gasteiger partial charge is 0.276 e. The van der Waals surface area contributed by atoms with Crippen molar-refractivity contribution in [2.24, 2.45) is 0 Å². The first-order chi connectivity index (χ1) is 11.2. The molecule has 116 valence electrons. The number of benzene rings is 2. The fourth-order valence-corrected chi connectivity index (χ4v) is 3.71. The lowest BCUT2D eigenvalue weighted by Crippen LogP contribution is -1.98. The molecular formula is C19H19N3S. The van der Waals surface area contributed by atoms with E-state index in [1.165, 1.54) is 29.2 Å². The van der Waals surface area contributed by atoms with Crippen LogP contribution in [0.2, 0.25) is 0 Å². The Morgan fingerprint density at radius 3 is 2.74 bits per heavy atom. The van der Waals surface area contributed by atoms with Gasteiger partial charge < -0.3 is 0 Å². The molecule has 23 heavy (non-hydrogen) atoms. The summed E-state index contributed by atoms with van der Waals surface area (Å²) in [5, 5.41) is 11.9. The second-order valence-corrected chi connectivity index (χ2v) is 7.17. The monoisotopic (exact) mass is 321 g/mol. The van der Waals surface area contributed by atoms with Gasteiger partial charge in [-0.25, -0.2) is 0 Å². The molecule has 1 aromatic heterocycles. The summed E-state index contributed by atoms with van der Waals surface area (Å²) in [5.74, 6) is 1.60. The minimum atomic E-state index is 0.743. The average Bonchev–Trinajstić information content (AvgIpc) is 3.30. The van der Waals surface area contributed by atoms with Crippen molar-refractivity contribution in [1.82, 2.24) is 14.8 Å². The SMILES string of the molecule is C=C(C)CSc1nncn1-c1ccc(C2CC2)c2ccccc12. The lowest BCUT2D eigenvalue weighted by Gasteiger charge is -2.13. The molecule has 0 N–H and O–H groups in total. The Morgan fingerprint density at radius 2 is 2.00 bits per heavy atom. The van der Waals surface area contributed by atoms with Crippen molar-refractivity contribution >= 4 is 22.5 Å². The molecule has 1 aliphatic carbocycles. The maximum absolute atomic E-state index is 4.28. The maximum Gasteiger partial charge on any atom is 0.195 e. The third-order valence-electron chi connectivity index (χ3n) is 4.18. The second-order valence-electron chi connectivity index (χ2n) is 6.22. The molecule has 0 aliphatic heterocycles. The fourth-order valence-electron chi connectivity index (χ4n) is 2.94. The highest BCUT2D eigenvalue weighted by Gasteiger charge is 2.26. The molecule has 1 fully saturated rings. The molecule has 3 aromatic rings. The van der Waals surface area contributed by atoms with E-state index in [1.807, 2.05) is 6.92 Å². The number of fused-ring (bicyclic) bond motifs is 1. The van der Waals surface area contributed by atoms with E-state index >= 15 is 0 Å². The van der Waals surface area contributed by atoms with Crippen LogP contribution < -0.4 is 0 Å². The summed E-state index contributed by atoms with van der Waals surface area (Å²) >= 11 is 1.68. The molecule has 0 unspecified atom stereocenters. The normalized spacial score (nSPS) is 14.3. The number of rotatable bonds is 5. The Labute approximate surface area is 140 Å². The van der Waals surface area contributed by atoms with E-state index in [0.717, 1.165) is 28.1 Å². The topological polar surface area (TPSA) is 30.7 Å². The van der Waals surface area contributed by atoms with Gasteiger partial charge in [-0.3, -0.25) is 4.57 Å². The Bertz CT molecular complexity index is 877. The van der Waals surface area contributed by atoms with Crippen LogP contribution in [0, 0.1) is 0 Å². The molecule has 0 bridgehead atoms. The molecule has 0 amide bonds. The van der Waals surface area contributed by atoms with Gasteiger partial charge in [-0.05, 0) is 42.7 Å². The van der Waals surface area contributed by atoms with Crippen LogP contribution in [-0.4, -0.2) is 20.5 Å². The molecular weight excluding hydrogens is 302 g/mol. The summed E-state index contributed by atoms with van der Waals surface area (Å²) < 4.78 is 2.09. The van der Waals surface area contributed by atoms with Crippen molar-refractivity contribution in [3.8, 4) is 5.69 Å². The van der Waals surface area contributed by atoms with E-state index in [0.29, 0.717) is 0 Å². The number of hydrogen-bond donors (Lipinski definition) is 0. The number of hydrogen-bond acceptors (Lipinski definition) is 3. The van der Waals surface area contributed by atoms with Gasteiger partial charge in [0, 0.05) is 11.1 Å². The van der Waals surface area contributed by atoms with Crippen LogP contribution in [-0.2, 0) is 0 Å². The first kappa shape index (κ1) is 14.5. The molecule has 1 aliphatic rings. The molecule has 0 radical (unpaired) electrons. The number of nitrogens with zero attached hydrogens (tertiary/aromatic N) is 3. The standard InChI is InChI=1S/C19H19N3S/c1-13(2)11-23-19-21-20-12-22(19)18-10-9-15(14-7-8-14)16-5-3-4-6-17(16)18/h3-6,9-10,12,14H,1,7-8,11H2,2H3. The van der Waals surface area contributed by atoms with Gasteiger partial charge in [0.05, 0.1) is 5.69 Å². The summed E-state index contributed by atoms with van der Waals surface area (Å²) in [6.07, 6.45) is 4.44. The molecule has 0 atom stereocenters. The summed E-state index contributed by atoms with van der Waals surface area (Å²) in [4.78, 5) is 0. The van der Waals surface area contributed by atoms with E-state index in [4.69, 9.17) is 0 Å². The molecule has 0 spiro atoms. The van der Waals surface area contributed by atoms with Gasteiger partial charge >= 0.3 is 0 Å². The average molecular weight is 321 g/mol. The predicted molar refractivity (Wildman–Crippen MR) is 96.4 cm³/mol. The minimum Gasteiger partial charge on any atom is -0.276 e. The van der Waals surface area contributed by atoms with Crippen LogP contribution in [0.3, 0.4) is 0 Å². The molecule has 3 nitrogen and oxygen atoms in total. The minimum absolute atomic E-state index is 0.743. The zero-order valence-electron chi connectivity index (χ0n) is 13.2. The second kappa shape index (κ2) is 5.85. The third kappa shape index (κ3) is 2.79. The van der Waals surface area contributed by atoms with Gasteiger partial charge in [-0.2, -0.15) is 0 Å². The molecule has 1 heterocycles. The van der Waals surface area contributed by atoms with Crippen LogP contribution in [0.5, 0.6) is 0 Å². The van der Waals surface area contributed by atoms with Crippen LogP contribution in [0.25, 0.3) is 16.5 Å². The van der Waals surface area contributed by atoms with Gasteiger partial charge in [0.15, 0.2) is 5.16 Å². The highest BCUT2D eigenvalue weighted by atomic mass is 32.2. The summed E-state index contributed by atoms with van der Waals surface area (Å²) in [7, 11) is 0. The van der Waals surface area contributed by atoms with Gasteiger partial charge in [0.25, 0.3) is 0 Å². The number of aromatic nitrogens is 3. The van der Waals surface area contributed by atoms with E-state index in [-0.39, 0.29) is 0 Å². The smallest absolute Gasteiger partial charge is 0.195 e. The van der Waals surface area contributed by atoms with Gasteiger partial charge in [-0.15, -0.1) is 10.2 Å². The lowest BCUT2D eigenvalue weighted by atomic mass is 9.99. The first-order valence-corrected chi connectivity index (χ1v) is 8.92. The molecule has 2 aromatic carbocycles. The lowest BCUT2D eigenvalue weighted by molar-refractivity contribution is 0.889. The third-order valence-corrected chi connectivity index (χ3v) is 5.35. The highest BCUT2D eigenvalue weighted by Crippen LogP contribution is 2.44. The van der Waals surface area contributed by atoms with E-state index in [2.05, 4.69) is 57.7 Å². The zero-order valence-corrected chi connectivity index (χ0v) is 14.0. The van der Waals surface area contributed by atoms with Gasteiger partial charge in [-0.1, -0.05) is 54.2 Å². The molecule has 1 saturated carbocycles. The van der Waals surface area contributed by atoms with Crippen LogP contribution in [0.15, 0.2) is 60.0 Å². The van der Waals surface area contributed by atoms with E-state index in [9.17, 15) is 0 Å². The Kier molecular flexibility index (Phi) is 3.69. The highest BCUT2D eigenvalue weighted by molar-refractivity contribution is 7.99. The van der Waals surface area contributed by atoms with Crippen molar-refractivity contribution in [3.05, 3.63) is 60.4 Å².